The first-order valence-corrected chi connectivity index (χ1v) is 7.10. The van der Waals surface area contributed by atoms with Gasteiger partial charge in [-0.25, -0.2) is 9.59 Å². The molecule has 0 aliphatic carbocycles. The molecule has 0 unspecified atom stereocenters. The highest BCUT2D eigenvalue weighted by Gasteiger charge is 2.18. The second kappa shape index (κ2) is 6.39. The standard InChI is InChI=1S/C17H18N2O4/c1-2-11(9-3-5-14(18)12(7-9)16(20)21)10-4-6-15(19)13(8-10)17(22)23/h3-8,11H,2,18-19H2,1H3,(H,20,21)(H,22,23). The highest BCUT2D eigenvalue weighted by molar-refractivity contribution is 5.94. The molecule has 0 spiro atoms. The lowest BCUT2D eigenvalue weighted by atomic mass is 9.87. The van der Waals surface area contributed by atoms with Gasteiger partial charge in [0, 0.05) is 17.3 Å². The van der Waals surface area contributed by atoms with Crippen molar-refractivity contribution < 1.29 is 19.8 Å². The molecule has 0 saturated carbocycles. The molecule has 0 aliphatic rings. The first kappa shape index (κ1) is 16.4. The Morgan fingerprint density at radius 3 is 1.61 bits per heavy atom. The number of carboxylic acids is 2. The smallest absolute Gasteiger partial charge is 0.337 e. The first-order valence-electron chi connectivity index (χ1n) is 7.10. The van der Waals surface area contributed by atoms with Crippen LogP contribution in [0.15, 0.2) is 36.4 Å². The summed E-state index contributed by atoms with van der Waals surface area (Å²) in [6.45, 7) is 1.94. The molecular weight excluding hydrogens is 296 g/mol. The Balaban J connectivity index is 2.52. The number of nitrogen functional groups attached to an aromatic ring is 2. The molecule has 0 amide bonds. The molecule has 0 aromatic heterocycles. The van der Waals surface area contributed by atoms with Gasteiger partial charge in [-0.3, -0.25) is 0 Å². The third-order valence-electron chi connectivity index (χ3n) is 3.83. The number of carboxylic acid groups (broad SMARTS) is 2. The minimum atomic E-state index is -1.09. The fraction of sp³-hybridized carbons (Fsp3) is 0.176. The zero-order valence-electron chi connectivity index (χ0n) is 12.6. The monoisotopic (exact) mass is 314 g/mol. The van der Waals surface area contributed by atoms with E-state index in [0.29, 0.717) is 6.42 Å². The van der Waals surface area contributed by atoms with E-state index < -0.39 is 11.9 Å². The van der Waals surface area contributed by atoms with E-state index in [1.165, 1.54) is 12.1 Å². The topological polar surface area (TPSA) is 127 Å². The van der Waals surface area contributed by atoms with Crippen LogP contribution >= 0.6 is 0 Å². The summed E-state index contributed by atoms with van der Waals surface area (Å²) in [5.74, 6) is -2.34. The van der Waals surface area contributed by atoms with Crippen molar-refractivity contribution in [2.24, 2.45) is 0 Å². The van der Waals surface area contributed by atoms with Gasteiger partial charge in [-0.2, -0.15) is 0 Å². The maximum atomic E-state index is 11.2. The zero-order valence-corrected chi connectivity index (χ0v) is 12.6. The van der Waals surface area contributed by atoms with Gasteiger partial charge in [0.1, 0.15) is 0 Å². The molecule has 6 heteroatoms. The number of nitrogens with two attached hydrogens (primary N) is 2. The summed E-state index contributed by atoms with van der Waals surface area (Å²) in [6.07, 6.45) is 0.673. The van der Waals surface area contributed by atoms with Crippen LogP contribution in [0, 0.1) is 0 Å². The number of rotatable bonds is 5. The molecule has 0 aliphatic heterocycles. The van der Waals surface area contributed by atoms with Crippen molar-refractivity contribution in [2.45, 2.75) is 19.3 Å². The minimum Gasteiger partial charge on any atom is -0.478 e. The van der Waals surface area contributed by atoms with E-state index in [1.807, 2.05) is 6.92 Å². The van der Waals surface area contributed by atoms with E-state index in [-0.39, 0.29) is 28.4 Å². The molecule has 0 saturated heterocycles. The third-order valence-corrected chi connectivity index (χ3v) is 3.83. The number of hydrogen-bond acceptors (Lipinski definition) is 4. The van der Waals surface area contributed by atoms with Crippen molar-refractivity contribution in [1.82, 2.24) is 0 Å². The van der Waals surface area contributed by atoms with E-state index in [9.17, 15) is 19.8 Å². The minimum absolute atomic E-state index is 0.0369. The van der Waals surface area contributed by atoms with Crippen LogP contribution in [0.2, 0.25) is 0 Å². The molecule has 0 atom stereocenters. The van der Waals surface area contributed by atoms with Crippen molar-refractivity contribution >= 4 is 23.3 Å². The van der Waals surface area contributed by atoms with E-state index in [4.69, 9.17) is 11.5 Å². The van der Waals surface area contributed by atoms with Crippen LogP contribution in [-0.2, 0) is 0 Å². The molecule has 0 bridgehead atoms. The van der Waals surface area contributed by atoms with Gasteiger partial charge in [0.25, 0.3) is 0 Å². The summed E-state index contributed by atoms with van der Waals surface area (Å²) in [5.41, 5.74) is 13.3. The Bertz CT molecular complexity index is 708. The zero-order chi connectivity index (χ0) is 17.1. The Kier molecular flexibility index (Phi) is 4.55. The molecule has 2 rings (SSSR count). The van der Waals surface area contributed by atoms with Crippen molar-refractivity contribution in [3.63, 3.8) is 0 Å². The molecule has 2 aromatic rings. The number of aromatic carboxylic acids is 2. The summed E-state index contributed by atoms with van der Waals surface area (Å²) in [5, 5.41) is 18.4. The van der Waals surface area contributed by atoms with Crippen molar-refractivity contribution in [2.75, 3.05) is 11.5 Å². The largest absolute Gasteiger partial charge is 0.478 e. The average Bonchev–Trinajstić information content (AvgIpc) is 2.50. The summed E-state index contributed by atoms with van der Waals surface area (Å²) in [4.78, 5) is 22.5. The normalized spacial score (nSPS) is 10.7. The molecule has 120 valence electrons. The predicted octanol–water partition coefficient (Wildman–Crippen LogP) is 2.79. The van der Waals surface area contributed by atoms with E-state index in [2.05, 4.69) is 0 Å². The quantitative estimate of drug-likeness (QED) is 0.628. The predicted molar refractivity (Wildman–Crippen MR) is 87.8 cm³/mol. The van der Waals surface area contributed by atoms with Gasteiger partial charge in [0.2, 0.25) is 0 Å². The third kappa shape index (κ3) is 3.26. The van der Waals surface area contributed by atoms with Crippen LogP contribution in [-0.4, -0.2) is 22.2 Å². The van der Waals surface area contributed by atoms with Gasteiger partial charge < -0.3 is 21.7 Å². The molecule has 0 radical (unpaired) electrons. The van der Waals surface area contributed by atoms with E-state index >= 15 is 0 Å². The van der Waals surface area contributed by atoms with Crippen LogP contribution in [0.4, 0.5) is 11.4 Å². The van der Waals surface area contributed by atoms with Crippen molar-refractivity contribution in [3.8, 4) is 0 Å². The van der Waals surface area contributed by atoms with Crippen LogP contribution in [0.1, 0.15) is 51.1 Å². The first-order chi connectivity index (χ1) is 10.8. The fourth-order valence-corrected chi connectivity index (χ4v) is 2.62. The van der Waals surface area contributed by atoms with Crippen molar-refractivity contribution in [3.05, 3.63) is 58.7 Å². The average molecular weight is 314 g/mol. The SMILES string of the molecule is CCC(c1ccc(N)c(C(=O)O)c1)c1ccc(N)c(C(=O)O)c1. The lowest BCUT2D eigenvalue weighted by molar-refractivity contribution is 0.0687. The van der Waals surface area contributed by atoms with Gasteiger partial charge in [-0.15, -0.1) is 0 Å². The fourth-order valence-electron chi connectivity index (χ4n) is 2.62. The Hall–Kier alpha value is -3.02. The van der Waals surface area contributed by atoms with Gasteiger partial charge in [-0.1, -0.05) is 19.1 Å². The van der Waals surface area contributed by atoms with Gasteiger partial charge in [-0.05, 0) is 41.8 Å². The highest BCUT2D eigenvalue weighted by atomic mass is 16.4. The lowest BCUT2D eigenvalue weighted by Gasteiger charge is -2.18. The van der Waals surface area contributed by atoms with Gasteiger partial charge in [0.05, 0.1) is 11.1 Å². The maximum Gasteiger partial charge on any atom is 0.337 e. The molecular formula is C17H18N2O4. The van der Waals surface area contributed by atoms with Crippen LogP contribution < -0.4 is 11.5 Å². The summed E-state index contributed by atoms with van der Waals surface area (Å²) >= 11 is 0. The molecule has 6 nitrogen and oxygen atoms in total. The van der Waals surface area contributed by atoms with Crippen LogP contribution in [0.3, 0.4) is 0 Å². The lowest BCUT2D eigenvalue weighted by Crippen LogP contribution is -2.08. The number of anilines is 2. The second-order valence-corrected chi connectivity index (χ2v) is 5.26. The molecule has 23 heavy (non-hydrogen) atoms. The van der Waals surface area contributed by atoms with E-state index in [1.54, 1.807) is 24.3 Å². The van der Waals surface area contributed by atoms with Gasteiger partial charge >= 0.3 is 11.9 Å². The Morgan fingerprint density at radius 2 is 1.30 bits per heavy atom. The second-order valence-electron chi connectivity index (χ2n) is 5.26. The molecule has 0 heterocycles. The summed E-state index contributed by atoms with van der Waals surface area (Å²) < 4.78 is 0. The maximum absolute atomic E-state index is 11.2. The summed E-state index contributed by atoms with van der Waals surface area (Å²) in [7, 11) is 0. The van der Waals surface area contributed by atoms with E-state index in [0.717, 1.165) is 11.1 Å². The van der Waals surface area contributed by atoms with Crippen molar-refractivity contribution in [1.29, 1.82) is 0 Å². The van der Waals surface area contributed by atoms with Crippen LogP contribution in [0.5, 0.6) is 0 Å². The Labute approximate surface area is 133 Å². The van der Waals surface area contributed by atoms with Crippen LogP contribution in [0.25, 0.3) is 0 Å². The number of benzene rings is 2. The number of hydrogen-bond donors (Lipinski definition) is 4. The molecule has 0 fully saturated rings. The molecule has 2 aromatic carbocycles. The highest BCUT2D eigenvalue weighted by Crippen LogP contribution is 2.31. The summed E-state index contributed by atoms with van der Waals surface area (Å²) in [6, 6.07) is 9.68. The number of carbonyl (C=O) groups is 2. The molecule has 6 N–H and O–H groups in total. The Morgan fingerprint density at radius 1 is 0.913 bits per heavy atom. The van der Waals surface area contributed by atoms with Gasteiger partial charge in [0.15, 0.2) is 0 Å².